The fourth-order valence-corrected chi connectivity index (χ4v) is 3.41. The number of nitrogen functional groups attached to an aromatic ring is 1. The Kier molecular flexibility index (Phi) is 3.96. The number of halogens is 1. The molecule has 0 amide bonds. The number of benzene rings is 2. The number of nitrogens with one attached hydrogen (secondary N) is 1. The van der Waals surface area contributed by atoms with E-state index in [4.69, 9.17) is 5.73 Å². The first-order valence-corrected chi connectivity index (χ1v) is 8.98. The Balaban J connectivity index is 2.13. The van der Waals surface area contributed by atoms with Crippen LogP contribution in [-0.4, -0.2) is 26.0 Å². The van der Waals surface area contributed by atoms with E-state index < -0.39 is 0 Å². The molecule has 2 aromatic carbocycles. The Bertz CT molecular complexity index is 1170. The number of hydrogen-bond donors (Lipinski definition) is 2. The molecule has 3 N–H and O–H groups in total. The van der Waals surface area contributed by atoms with Crippen molar-refractivity contribution in [1.82, 2.24) is 19.7 Å². The average molecular weight is 367 g/mol. The Labute approximate surface area is 151 Å². The number of nitrogens with two attached hydrogens (primary N) is 1. The van der Waals surface area contributed by atoms with Crippen molar-refractivity contribution in [2.75, 3.05) is 12.0 Å². The highest BCUT2D eigenvalue weighted by Crippen LogP contribution is 2.28. The third kappa shape index (κ3) is 2.55. The molecule has 0 saturated carbocycles. The van der Waals surface area contributed by atoms with E-state index in [-0.39, 0.29) is 28.2 Å². The van der Waals surface area contributed by atoms with E-state index in [2.05, 4.69) is 15.2 Å². The third-order valence-corrected chi connectivity index (χ3v) is 4.83. The maximum atomic E-state index is 13.4. The molecular formula is C18H14FN5OS. The van der Waals surface area contributed by atoms with E-state index in [1.807, 2.05) is 30.5 Å². The molecule has 6 nitrogen and oxygen atoms in total. The zero-order valence-electron chi connectivity index (χ0n) is 13.7. The number of aromatic amines is 1. The first-order chi connectivity index (χ1) is 12.6. The van der Waals surface area contributed by atoms with E-state index in [1.54, 1.807) is 12.1 Å². The molecule has 2 heterocycles. The summed E-state index contributed by atoms with van der Waals surface area (Å²) < 4.78 is 14.8. The number of rotatable bonds is 3. The van der Waals surface area contributed by atoms with E-state index in [0.717, 1.165) is 4.90 Å². The van der Waals surface area contributed by atoms with Gasteiger partial charge in [0, 0.05) is 10.5 Å². The minimum absolute atomic E-state index is 0.165. The summed E-state index contributed by atoms with van der Waals surface area (Å²) in [6.45, 7) is 0. The zero-order valence-corrected chi connectivity index (χ0v) is 14.5. The van der Waals surface area contributed by atoms with Crippen LogP contribution in [0, 0.1) is 5.82 Å². The number of aromatic nitrogens is 4. The standard InChI is InChI=1S/C18H14FN5OS/c1-26-13-5-3-2-4-12(13)24-17(10-6-8-11(19)9-7-10)21-16-14(18(24)25)15(20)22-23-16/h2-9H,1H3,(H3,20,22,23). The van der Waals surface area contributed by atoms with Crippen LogP contribution in [-0.2, 0) is 0 Å². The number of para-hydroxylation sites is 1. The lowest BCUT2D eigenvalue weighted by molar-refractivity contribution is 0.628. The number of nitrogens with zero attached hydrogens (tertiary/aromatic N) is 3. The highest BCUT2D eigenvalue weighted by molar-refractivity contribution is 7.98. The van der Waals surface area contributed by atoms with Gasteiger partial charge in [0.05, 0.1) is 5.69 Å². The highest BCUT2D eigenvalue weighted by atomic mass is 32.2. The molecule has 4 aromatic rings. The SMILES string of the molecule is CSc1ccccc1-n1c(-c2ccc(F)cc2)nc2n[nH]c(N)c2c1=O. The summed E-state index contributed by atoms with van der Waals surface area (Å²) in [7, 11) is 0. The molecule has 0 fully saturated rings. The van der Waals surface area contributed by atoms with Crippen molar-refractivity contribution >= 4 is 28.6 Å². The molecule has 0 radical (unpaired) electrons. The molecule has 8 heteroatoms. The number of anilines is 1. The molecule has 0 saturated heterocycles. The van der Waals surface area contributed by atoms with E-state index in [1.165, 1.54) is 28.5 Å². The molecule has 0 spiro atoms. The summed E-state index contributed by atoms with van der Waals surface area (Å²) in [5.41, 5.74) is 7.05. The Morgan fingerprint density at radius 3 is 2.62 bits per heavy atom. The fraction of sp³-hybridized carbons (Fsp3) is 0.0556. The summed E-state index contributed by atoms with van der Waals surface area (Å²) in [5.74, 6) is 0.172. The van der Waals surface area contributed by atoms with Crippen molar-refractivity contribution in [3.05, 3.63) is 64.7 Å². The van der Waals surface area contributed by atoms with Gasteiger partial charge >= 0.3 is 0 Å². The van der Waals surface area contributed by atoms with Gasteiger partial charge in [-0.3, -0.25) is 14.5 Å². The maximum Gasteiger partial charge on any atom is 0.271 e. The predicted octanol–water partition coefficient (Wildman–Crippen LogP) is 3.22. The summed E-state index contributed by atoms with van der Waals surface area (Å²) in [5, 5.41) is 6.83. The lowest BCUT2D eigenvalue weighted by atomic mass is 10.2. The van der Waals surface area contributed by atoms with Gasteiger partial charge in [-0.25, -0.2) is 9.37 Å². The minimum Gasteiger partial charge on any atom is -0.383 e. The van der Waals surface area contributed by atoms with Crippen LogP contribution in [0.5, 0.6) is 0 Å². The Morgan fingerprint density at radius 1 is 1.15 bits per heavy atom. The topological polar surface area (TPSA) is 89.6 Å². The normalized spacial score (nSPS) is 11.2. The Morgan fingerprint density at radius 2 is 1.88 bits per heavy atom. The zero-order chi connectivity index (χ0) is 18.3. The largest absolute Gasteiger partial charge is 0.383 e. The maximum absolute atomic E-state index is 13.4. The number of fused-ring (bicyclic) bond motifs is 1. The lowest BCUT2D eigenvalue weighted by Gasteiger charge is -2.15. The van der Waals surface area contributed by atoms with Crippen LogP contribution in [0.2, 0.25) is 0 Å². The smallest absolute Gasteiger partial charge is 0.271 e. The van der Waals surface area contributed by atoms with Gasteiger partial charge < -0.3 is 5.73 Å². The van der Waals surface area contributed by atoms with Crippen molar-refractivity contribution < 1.29 is 4.39 Å². The van der Waals surface area contributed by atoms with Crippen LogP contribution >= 0.6 is 11.8 Å². The number of H-pyrrole nitrogens is 1. The van der Waals surface area contributed by atoms with Crippen molar-refractivity contribution in [3.63, 3.8) is 0 Å². The molecule has 2 aromatic heterocycles. The first-order valence-electron chi connectivity index (χ1n) is 7.76. The van der Waals surface area contributed by atoms with E-state index in [0.29, 0.717) is 17.1 Å². The van der Waals surface area contributed by atoms with Crippen LogP contribution in [0.15, 0.2) is 58.2 Å². The van der Waals surface area contributed by atoms with Crippen molar-refractivity contribution in [2.45, 2.75) is 4.90 Å². The molecule has 26 heavy (non-hydrogen) atoms. The summed E-state index contributed by atoms with van der Waals surface area (Å²) in [6, 6.07) is 13.3. The second-order valence-corrected chi connectivity index (χ2v) is 6.44. The quantitative estimate of drug-likeness (QED) is 0.543. The third-order valence-electron chi connectivity index (χ3n) is 4.04. The van der Waals surface area contributed by atoms with Gasteiger partial charge in [0.25, 0.3) is 5.56 Å². The Hall–Kier alpha value is -3.13. The number of hydrogen-bond acceptors (Lipinski definition) is 5. The van der Waals surface area contributed by atoms with Gasteiger partial charge in [-0.2, -0.15) is 5.10 Å². The molecule has 0 aliphatic heterocycles. The van der Waals surface area contributed by atoms with Crippen molar-refractivity contribution in [1.29, 1.82) is 0 Å². The minimum atomic E-state index is -0.364. The summed E-state index contributed by atoms with van der Waals surface area (Å²) in [4.78, 5) is 18.7. The fourth-order valence-electron chi connectivity index (χ4n) is 2.83. The van der Waals surface area contributed by atoms with Crippen LogP contribution < -0.4 is 11.3 Å². The molecule has 0 aliphatic rings. The molecule has 4 rings (SSSR count). The molecule has 0 unspecified atom stereocenters. The molecule has 0 bridgehead atoms. The monoisotopic (exact) mass is 367 g/mol. The average Bonchev–Trinajstić information content (AvgIpc) is 3.03. The van der Waals surface area contributed by atoms with E-state index >= 15 is 0 Å². The van der Waals surface area contributed by atoms with Crippen LogP contribution in [0.25, 0.3) is 28.1 Å². The van der Waals surface area contributed by atoms with Crippen LogP contribution in [0.3, 0.4) is 0 Å². The van der Waals surface area contributed by atoms with Gasteiger partial charge in [-0.15, -0.1) is 11.8 Å². The highest BCUT2D eigenvalue weighted by Gasteiger charge is 2.19. The van der Waals surface area contributed by atoms with Gasteiger partial charge in [0.1, 0.15) is 22.8 Å². The van der Waals surface area contributed by atoms with Crippen molar-refractivity contribution in [3.8, 4) is 17.1 Å². The van der Waals surface area contributed by atoms with Gasteiger partial charge in [0.15, 0.2) is 5.65 Å². The molecule has 130 valence electrons. The molecular weight excluding hydrogens is 353 g/mol. The lowest BCUT2D eigenvalue weighted by Crippen LogP contribution is -2.22. The van der Waals surface area contributed by atoms with Gasteiger partial charge in [0.2, 0.25) is 0 Å². The molecule has 0 atom stereocenters. The van der Waals surface area contributed by atoms with Crippen LogP contribution in [0.4, 0.5) is 10.2 Å². The first kappa shape index (κ1) is 16.3. The van der Waals surface area contributed by atoms with Gasteiger partial charge in [-0.05, 0) is 42.7 Å². The second kappa shape index (κ2) is 6.30. The summed E-state index contributed by atoms with van der Waals surface area (Å²) >= 11 is 1.51. The molecule has 0 aliphatic carbocycles. The van der Waals surface area contributed by atoms with Crippen molar-refractivity contribution in [2.24, 2.45) is 0 Å². The van der Waals surface area contributed by atoms with E-state index in [9.17, 15) is 9.18 Å². The predicted molar refractivity (Wildman–Crippen MR) is 101 cm³/mol. The second-order valence-electron chi connectivity index (χ2n) is 5.59. The van der Waals surface area contributed by atoms with Gasteiger partial charge in [-0.1, -0.05) is 12.1 Å². The summed E-state index contributed by atoms with van der Waals surface area (Å²) in [6.07, 6.45) is 1.93. The van der Waals surface area contributed by atoms with Crippen LogP contribution in [0.1, 0.15) is 0 Å². The number of thioether (sulfide) groups is 1.